The van der Waals surface area contributed by atoms with Gasteiger partial charge in [0.1, 0.15) is 11.5 Å². The molecule has 2 saturated carbocycles. The van der Waals surface area contributed by atoms with E-state index in [4.69, 9.17) is 0 Å². The van der Waals surface area contributed by atoms with Crippen molar-refractivity contribution < 1.29 is 36.2 Å². The van der Waals surface area contributed by atoms with Gasteiger partial charge in [0.05, 0.1) is 29.0 Å². The van der Waals surface area contributed by atoms with Gasteiger partial charge >= 0.3 is 6.18 Å². The number of fused-ring (bicyclic) bond motifs is 1. The van der Waals surface area contributed by atoms with Crippen molar-refractivity contribution in [3.8, 4) is 0 Å². The molecule has 41 heavy (non-hydrogen) atoms. The highest BCUT2D eigenvalue weighted by Gasteiger charge is 2.42. The summed E-state index contributed by atoms with van der Waals surface area (Å²) >= 11 is 0. The molecule has 0 saturated heterocycles. The number of halogens is 5. The number of amides is 2. The highest BCUT2D eigenvalue weighted by Crippen LogP contribution is 2.44. The minimum atomic E-state index is -4.46. The lowest BCUT2D eigenvalue weighted by Gasteiger charge is -2.33. The topological polar surface area (TPSA) is 126 Å². The molecule has 0 unspecified atom stereocenters. The maximum Gasteiger partial charge on any atom is 0.392 e. The highest BCUT2D eigenvalue weighted by atomic mass is 19.4. The maximum absolute atomic E-state index is 14.4. The van der Waals surface area contributed by atoms with E-state index in [0.29, 0.717) is 23.0 Å². The van der Waals surface area contributed by atoms with Crippen LogP contribution in [-0.2, 0) is 4.79 Å². The molecule has 0 bridgehead atoms. The number of rotatable bonds is 9. The number of hydrogen-bond donors (Lipinski definition) is 3. The van der Waals surface area contributed by atoms with E-state index in [9.17, 15) is 31.5 Å². The van der Waals surface area contributed by atoms with E-state index in [-0.39, 0.29) is 36.0 Å². The lowest BCUT2D eigenvalue weighted by Crippen LogP contribution is -2.39. The van der Waals surface area contributed by atoms with Crippen LogP contribution in [0.1, 0.15) is 91.5 Å². The second-order valence-corrected chi connectivity index (χ2v) is 11.3. The van der Waals surface area contributed by atoms with Crippen LogP contribution in [0.2, 0.25) is 0 Å². The van der Waals surface area contributed by atoms with E-state index in [1.165, 1.54) is 6.92 Å². The third-order valence-electron chi connectivity index (χ3n) is 7.94. The monoisotopic (exact) mass is 582 g/mol. The SMILES string of the molecule is Cc1nonc1C(=O)N[C@H](c1nc2ccc([C@H](NC(=O)C[C@H](C)C(F)(F)F)C3CC3)cc2[nH]1)[C@@H]1CCCC(F)(F)C1. The number of hydrogen-bond acceptors (Lipinski definition) is 6. The summed E-state index contributed by atoms with van der Waals surface area (Å²) < 4.78 is 72.3. The summed E-state index contributed by atoms with van der Waals surface area (Å²) in [7, 11) is 0. The molecule has 0 spiro atoms. The number of carbonyl (C=O) groups is 2. The van der Waals surface area contributed by atoms with Gasteiger partial charge in [0, 0.05) is 19.3 Å². The third kappa shape index (κ3) is 6.67. The molecule has 4 atom stereocenters. The van der Waals surface area contributed by atoms with E-state index < -0.39 is 60.7 Å². The van der Waals surface area contributed by atoms with Crippen LogP contribution in [0, 0.1) is 24.7 Å². The van der Waals surface area contributed by atoms with Crippen molar-refractivity contribution in [1.82, 2.24) is 30.9 Å². The van der Waals surface area contributed by atoms with Crippen molar-refractivity contribution in [2.24, 2.45) is 17.8 Å². The van der Waals surface area contributed by atoms with Crippen LogP contribution in [0.4, 0.5) is 22.0 Å². The Kier molecular flexibility index (Phi) is 7.77. The summed E-state index contributed by atoms with van der Waals surface area (Å²) in [4.78, 5) is 33.2. The quantitative estimate of drug-likeness (QED) is 0.278. The zero-order valence-corrected chi connectivity index (χ0v) is 22.5. The third-order valence-corrected chi connectivity index (χ3v) is 7.94. The molecule has 5 rings (SSSR count). The number of imidazole rings is 1. The molecular formula is C27H31F5N6O3. The van der Waals surface area contributed by atoms with Crippen molar-refractivity contribution in [1.29, 1.82) is 0 Å². The molecule has 2 heterocycles. The fourth-order valence-electron chi connectivity index (χ4n) is 5.47. The standard InChI is InChI=1S/C27H31F5N6O3/c1-13(27(30,31)32)10-20(39)35-22(15-5-6-15)16-7-8-18-19(11-16)34-24(33-18)23(17-4-3-9-26(28,29)12-17)36-25(40)21-14(2)37-41-38-21/h7-8,11,13,15,17,22-23H,3-6,9-10,12H2,1-2H3,(H,33,34)(H,35,39)(H,36,40)/t13-,17+,22+,23-/m0/s1. The summed E-state index contributed by atoms with van der Waals surface area (Å²) in [6, 6.07) is 3.83. The minimum absolute atomic E-state index is 0.0566. The summed E-state index contributed by atoms with van der Waals surface area (Å²) in [5, 5.41) is 12.8. The predicted molar refractivity (Wildman–Crippen MR) is 136 cm³/mol. The molecule has 1 aromatic carbocycles. The van der Waals surface area contributed by atoms with Crippen LogP contribution in [0.15, 0.2) is 22.8 Å². The van der Waals surface area contributed by atoms with Crippen LogP contribution in [0.5, 0.6) is 0 Å². The zero-order chi connectivity index (χ0) is 29.5. The van der Waals surface area contributed by atoms with E-state index in [1.54, 1.807) is 18.2 Å². The highest BCUT2D eigenvalue weighted by molar-refractivity contribution is 5.93. The average molecular weight is 583 g/mol. The van der Waals surface area contributed by atoms with E-state index in [1.807, 2.05) is 0 Å². The number of aryl methyl sites for hydroxylation is 1. The number of alkyl halides is 5. The van der Waals surface area contributed by atoms with Crippen LogP contribution in [-0.4, -0.2) is 44.2 Å². The molecule has 3 aromatic rings. The molecule has 9 nitrogen and oxygen atoms in total. The van der Waals surface area contributed by atoms with Gasteiger partial charge in [-0.25, -0.2) is 18.4 Å². The molecular weight excluding hydrogens is 551 g/mol. The molecule has 3 N–H and O–H groups in total. The van der Waals surface area contributed by atoms with E-state index in [2.05, 4.69) is 35.5 Å². The molecule has 2 amide bonds. The van der Waals surface area contributed by atoms with Gasteiger partial charge < -0.3 is 15.6 Å². The van der Waals surface area contributed by atoms with Gasteiger partial charge in [-0.3, -0.25) is 9.59 Å². The Balaban J connectivity index is 1.41. The molecule has 14 heteroatoms. The van der Waals surface area contributed by atoms with Crippen molar-refractivity contribution in [2.75, 3.05) is 0 Å². The maximum atomic E-state index is 14.4. The van der Waals surface area contributed by atoms with Gasteiger partial charge in [0.25, 0.3) is 5.91 Å². The first kappa shape index (κ1) is 28.9. The Labute approximate surface area is 232 Å². The Morgan fingerprint density at radius 2 is 1.88 bits per heavy atom. The summed E-state index contributed by atoms with van der Waals surface area (Å²) in [5.74, 6) is -6.20. The Morgan fingerprint density at radius 1 is 1.12 bits per heavy atom. The zero-order valence-electron chi connectivity index (χ0n) is 22.5. The molecule has 2 aromatic heterocycles. The first-order valence-electron chi connectivity index (χ1n) is 13.6. The second-order valence-electron chi connectivity index (χ2n) is 11.3. The number of nitrogens with one attached hydrogen (secondary N) is 3. The number of nitrogens with zero attached hydrogens (tertiary/aromatic N) is 3. The average Bonchev–Trinajstić information content (AvgIpc) is 3.50. The minimum Gasteiger partial charge on any atom is -0.349 e. The van der Waals surface area contributed by atoms with Crippen LogP contribution in [0.25, 0.3) is 11.0 Å². The van der Waals surface area contributed by atoms with Crippen molar-refractivity contribution in [3.63, 3.8) is 0 Å². The van der Waals surface area contributed by atoms with Crippen molar-refractivity contribution >= 4 is 22.8 Å². The Hall–Kier alpha value is -3.58. The van der Waals surface area contributed by atoms with Gasteiger partial charge in [-0.15, -0.1) is 0 Å². The number of benzene rings is 1. The summed E-state index contributed by atoms with van der Waals surface area (Å²) in [6.45, 7) is 2.51. The Bertz CT molecular complexity index is 1420. The number of carbonyl (C=O) groups excluding carboxylic acids is 2. The summed E-state index contributed by atoms with van der Waals surface area (Å²) in [6.07, 6.45) is -3.40. The smallest absolute Gasteiger partial charge is 0.349 e. The fraction of sp³-hybridized carbons (Fsp3) is 0.593. The van der Waals surface area contributed by atoms with Crippen molar-refractivity contribution in [2.45, 2.75) is 83.0 Å². The Morgan fingerprint density at radius 3 is 2.51 bits per heavy atom. The van der Waals surface area contributed by atoms with Gasteiger partial charge in [-0.2, -0.15) is 13.2 Å². The molecule has 0 radical (unpaired) electrons. The molecule has 2 fully saturated rings. The number of aromatic amines is 1. The fourth-order valence-corrected chi connectivity index (χ4v) is 5.47. The van der Waals surface area contributed by atoms with Crippen LogP contribution < -0.4 is 10.6 Å². The predicted octanol–water partition coefficient (Wildman–Crippen LogP) is 5.71. The first-order valence-corrected chi connectivity index (χ1v) is 13.6. The number of aromatic nitrogens is 4. The van der Waals surface area contributed by atoms with Gasteiger partial charge in [-0.05, 0) is 67.3 Å². The van der Waals surface area contributed by atoms with Gasteiger partial charge in [0.2, 0.25) is 11.8 Å². The van der Waals surface area contributed by atoms with Crippen LogP contribution in [0.3, 0.4) is 0 Å². The van der Waals surface area contributed by atoms with Gasteiger partial charge in [-0.1, -0.05) is 18.1 Å². The van der Waals surface area contributed by atoms with E-state index in [0.717, 1.165) is 19.8 Å². The lowest BCUT2D eigenvalue weighted by molar-refractivity contribution is -0.174. The number of H-pyrrole nitrogens is 1. The lowest BCUT2D eigenvalue weighted by atomic mass is 9.81. The molecule has 0 aliphatic heterocycles. The molecule has 2 aliphatic rings. The van der Waals surface area contributed by atoms with Crippen molar-refractivity contribution in [3.05, 3.63) is 41.0 Å². The first-order chi connectivity index (χ1) is 19.3. The normalized spacial score (nSPS) is 21.3. The molecule has 2 aliphatic carbocycles. The van der Waals surface area contributed by atoms with Gasteiger partial charge in [0.15, 0.2) is 5.69 Å². The summed E-state index contributed by atoms with van der Waals surface area (Å²) in [5.41, 5.74) is 1.94. The second kappa shape index (κ2) is 11.0. The molecule has 222 valence electrons. The largest absolute Gasteiger partial charge is 0.392 e. The van der Waals surface area contributed by atoms with E-state index >= 15 is 0 Å². The van der Waals surface area contributed by atoms with Crippen LogP contribution >= 0.6 is 0 Å².